The van der Waals surface area contributed by atoms with E-state index in [0.29, 0.717) is 15.6 Å². The zero-order chi connectivity index (χ0) is 17.1. The molecule has 5 nitrogen and oxygen atoms in total. The molecular weight excluding hydrogens is 392 g/mol. The van der Waals surface area contributed by atoms with E-state index < -0.39 is 0 Å². The first kappa shape index (κ1) is 16.5. The SMILES string of the molecule is Cc1cc(NC(=O)c2ccco2)sc1C(=O)Nc1cccc(Br)c1. The van der Waals surface area contributed by atoms with E-state index in [1.54, 1.807) is 18.2 Å². The van der Waals surface area contributed by atoms with Gasteiger partial charge in [-0.25, -0.2) is 0 Å². The Morgan fingerprint density at radius 2 is 1.92 bits per heavy atom. The van der Waals surface area contributed by atoms with Crippen LogP contribution in [0.3, 0.4) is 0 Å². The third kappa shape index (κ3) is 3.74. The van der Waals surface area contributed by atoms with Gasteiger partial charge in [0, 0.05) is 10.2 Å². The van der Waals surface area contributed by atoms with Crippen LogP contribution in [0.15, 0.2) is 57.6 Å². The van der Waals surface area contributed by atoms with Crippen LogP contribution in [0.1, 0.15) is 25.8 Å². The maximum absolute atomic E-state index is 12.4. The minimum absolute atomic E-state index is 0.214. The molecule has 2 amide bonds. The summed E-state index contributed by atoms with van der Waals surface area (Å²) in [6.07, 6.45) is 1.44. The molecule has 1 aromatic carbocycles. The Kier molecular flexibility index (Phi) is 4.82. The Hall–Kier alpha value is -2.38. The molecule has 2 N–H and O–H groups in total. The molecule has 3 aromatic rings. The molecule has 0 atom stereocenters. The minimum Gasteiger partial charge on any atom is -0.459 e. The van der Waals surface area contributed by atoms with Crippen LogP contribution >= 0.6 is 27.3 Å². The maximum atomic E-state index is 12.4. The maximum Gasteiger partial charge on any atom is 0.291 e. The lowest BCUT2D eigenvalue weighted by Gasteiger charge is -2.04. The van der Waals surface area contributed by atoms with Crippen LogP contribution in [0.5, 0.6) is 0 Å². The van der Waals surface area contributed by atoms with Gasteiger partial charge in [0.25, 0.3) is 11.8 Å². The number of nitrogens with one attached hydrogen (secondary N) is 2. The number of aryl methyl sites for hydroxylation is 1. The van der Waals surface area contributed by atoms with Gasteiger partial charge >= 0.3 is 0 Å². The molecular formula is C17H13BrN2O3S. The zero-order valence-corrected chi connectivity index (χ0v) is 15.0. The number of hydrogen-bond acceptors (Lipinski definition) is 4. The third-order valence-electron chi connectivity index (χ3n) is 3.19. The summed E-state index contributed by atoms with van der Waals surface area (Å²) in [5.74, 6) is -0.338. The first-order valence-corrected chi connectivity index (χ1v) is 8.66. The van der Waals surface area contributed by atoms with E-state index in [-0.39, 0.29) is 17.6 Å². The van der Waals surface area contributed by atoms with Gasteiger partial charge in [0.2, 0.25) is 0 Å². The quantitative estimate of drug-likeness (QED) is 0.648. The van der Waals surface area contributed by atoms with Crippen molar-refractivity contribution in [3.05, 3.63) is 69.4 Å². The lowest BCUT2D eigenvalue weighted by atomic mass is 10.2. The second kappa shape index (κ2) is 7.02. The Labute approximate surface area is 150 Å². The summed E-state index contributed by atoms with van der Waals surface area (Å²) in [5.41, 5.74) is 1.49. The zero-order valence-electron chi connectivity index (χ0n) is 12.6. The molecule has 0 radical (unpaired) electrons. The molecule has 2 aromatic heterocycles. The molecule has 0 saturated carbocycles. The van der Waals surface area contributed by atoms with Crippen molar-refractivity contribution in [3.8, 4) is 0 Å². The average molecular weight is 405 g/mol. The molecule has 0 fully saturated rings. The first-order valence-electron chi connectivity index (χ1n) is 7.05. The number of rotatable bonds is 4. The predicted molar refractivity (Wildman–Crippen MR) is 97.8 cm³/mol. The van der Waals surface area contributed by atoms with Crippen molar-refractivity contribution in [2.75, 3.05) is 10.6 Å². The molecule has 0 aliphatic carbocycles. The molecule has 0 unspecified atom stereocenters. The molecule has 0 spiro atoms. The Balaban J connectivity index is 1.73. The number of halogens is 1. The van der Waals surface area contributed by atoms with Crippen molar-refractivity contribution in [1.82, 2.24) is 0 Å². The number of furan rings is 1. The van der Waals surface area contributed by atoms with Gasteiger partial charge in [0.05, 0.1) is 16.1 Å². The molecule has 3 rings (SSSR count). The summed E-state index contributed by atoms with van der Waals surface area (Å²) in [6, 6.07) is 12.3. The highest BCUT2D eigenvalue weighted by Crippen LogP contribution is 2.28. The molecule has 0 aliphatic heterocycles. The fourth-order valence-electron chi connectivity index (χ4n) is 2.10. The summed E-state index contributed by atoms with van der Waals surface area (Å²) in [5, 5.41) is 6.17. The van der Waals surface area contributed by atoms with Crippen LogP contribution in [0.25, 0.3) is 0 Å². The highest BCUT2D eigenvalue weighted by Gasteiger charge is 2.16. The van der Waals surface area contributed by atoms with Gasteiger partial charge < -0.3 is 15.1 Å². The third-order valence-corrected chi connectivity index (χ3v) is 4.83. The molecule has 0 aliphatic rings. The highest BCUT2D eigenvalue weighted by molar-refractivity contribution is 9.10. The smallest absolute Gasteiger partial charge is 0.291 e. The van der Waals surface area contributed by atoms with E-state index in [0.717, 1.165) is 10.0 Å². The van der Waals surface area contributed by atoms with Crippen LogP contribution in [0.2, 0.25) is 0 Å². The monoisotopic (exact) mass is 404 g/mol. The highest BCUT2D eigenvalue weighted by atomic mass is 79.9. The van der Waals surface area contributed by atoms with E-state index in [4.69, 9.17) is 4.42 Å². The van der Waals surface area contributed by atoms with E-state index >= 15 is 0 Å². The van der Waals surface area contributed by atoms with E-state index in [1.165, 1.54) is 17.6 Å². The van der Waals surface area contributed by atoms with Crippen molar-refractivity contribution in [2.45, 2.75) is 6.92 Å². The number of carbonyl (C=O) groups is 2. The predicted octanol–water partition coefficient (Wildman–Crippen LogP) is 4.92. The van der Waals surface area contributed by atoms with Crippen molar-refractivity contribution in [3.63, 3.8) is 0 Å². The van der Waals surface area contributed by atoms with E-state index in [2.05, 4.69) is 26.6 Å². The van der Waals surface area contributed by atoms with Gasteiger partial charge in [0.1, 0.15) is 0 Å². The summed E-state index contributed by atoms with van der Waals surface area (Å²) < 4.78 is 5.93. The Bertz CT molecular complexity index is 887. The Morgan fingerprint density at radius 3 is 2.62 bits per heavy atom. The average Bonchev–Trinajstić information content (AvgIpc) is 3.17. The number of anilines is 2. The minimum atomic E-state index is -0.347. The fourth-order valence-corrected chi connectivity index (χ4v) is 3.47. The van der Waals surface area contributed by atoms with Gasteiger partial charge in [-0.15, -0.1) is 11.3 Å². The number of amides is 2. The second-order valence-corrected chi connectivity index (χ2v) is 6.99. The van der Waals surface area contributed by atoms with Gasteiger partial charge in [-0.05, 0) is 48.9 Å². The topological polar surface area (TPSA) is 71.3 Å². The normalized spacial score (nSPS) is 10.4. The molecule has 0 bridgehead atoms. The second-order valence-electron chi connectivity index (χ2n) is 5.02. The van der Waals surface area contributed by atoms with Crippen molar-refractivity contribution in [1.29, 1.82) is 0 Å². The number of hydrogen-bond donors (Lipinski definition) is 2. The number of carbonyl (C=O) groups excluding carboxylic acids is 2. The van der Waals surface area contributed by atoms with Crippen molar-refractivity contribution in [2.24, 2.45) is 0 Å². The van der Waals surface area contributed by atoms with Crippen LogP contribution < -0.4 is 10.6 Å². The standard InChI is InChI=1S/C17H13BrN2O3S/c1-10-8-14(20-16(21)13-6-3-7-23-13)24-15(10)17(22)19-12-5-2-4-11(18)9-12/h2-9H,1H3,(H,19,22)(H,20,21). The molecule has 7 heteroatoms. The lowest BCUT2D eigenvalue weighted by Crippen LogP contribution is -2.11. The van der Waals surface area contributed by atoms with Gasteiger partial charge in [-0.1, -0.05) is 22.0 Å². The van der Waals surface area contributed by atoms with Crippen LogP contribution in [0.4, 0.5) is 10.7 Å². The summed E-state index contributed by atoms with van der Waals surface area (Å²) in [6.45, 7) is 1.83. The van der Waals surface area contributed by atoms with Crippen LogP contribution in [0, 0.1) is 6.92 Å². The molecule has 2 heterocycles. The van der Waals surface area contributed by atoms with E-state index in [1.807, 2.05) is 31.2 Å². The molecule has 122 valence electrons. The summed E-state index contributed by atoms with van der Waals surface area (Å²) in [4.78, 5) is 25.0. The largest absolute Gasteiger partial charge is 0.459 e. The van der Waals surface area contributed by atoms with Gasteiger partial charge in [-0.2, -0.15) is 0 Å². The number of thiophene rings is 1. The fraction of sp³-hybridized carbons (Fsp3) is 0.0588. The number of benzene rings is 1. The van der Waals surface area contributed by atoms with Crippen molar-refractivity contribution < 1.29 is 14.0 Å². The van der Waals surface area contributed by atoms with Gasteiger partial charge in [0.15, 0.2) is 5.76 Å². The first-order chi connectivity index (χ1) is 11.5. The van der Waals surface area contributed by atoms with Crippen molar-refractivity contribution >= 4 is 49.8 Å². The molecule has 24 heavy (non-hydrogen) atoms. The summed E-state index contributed by atoms with van der Waals surface area (Å²) >= 11 is 4.59. The van der Waals surface area contributed by atoms with Crippen LogP contribution in [-0.2, 0) is 0 Å². The van der Waals surface area contributed by atoms with E-state index in [9.17, 15) is 9.59 Å². The van der Waals surface area contributed by atoms with Crippen LogP contribution in [-0.4, -0.2) is 11.8 Å². The Morgan fingerprint density at radius 1 is 1.08 bits per heavy atom. The molecule has 0 saturated heterocycles. The van der Waals surface area contributed by atoms with Gasteiger partial charge in [-0.3, -0.25) is 9.59 Å². The summed E-state index contributed by atoms with van der Waals surface area (Å²) in [7, 11) is 0. The lowest BCUT2D eigenvalue weighted by molar-refractivity contribution is 0.0995.